The predicted molar refractivity (Wildman–Crippen MR) is 78.6 cm³/mol. The largest absolute Gasteiger partial charge is 0.396 e. The first kappa shape index (κ1) is 13.0. The molecule has 0 bridgehead atoms. The number of nitrogens with one attached hydrogen (secondary N) is 1. The summed E-state index contributed by atoms with van der Waals surface area (Å²) in [5.41, 5.74) is 15.8. The Labute approximate surface area is 112 Å². The van der Waals surface area contributed by atoms with E-state index in [1.807, 2.05) is 38.1 Å². The minimum atomic E-state index is -0.526. The molecule has 0 aromatic heterocycles. The van der Waals surface area contributed by atoms with Crippen LogP contribution in [0, 0.1) is 13.8 Å². The van der Waals surface area contributed by atoms with Crippen molar-refractivity contribution < 1.29 is 4.79 Å². The number of hydrogen-bond acceptors (Lipinski definition) is 3. The van der Waals surface area contributed by atoms with E-state index in [4.69, 9.17) is 11.5 Å². The summed E-state index contributed by atoms with van der Waals surface area (Å²) in [4.78, 5) is 11.3. The molecule has 0 fully saturated rings. The van der Waals surface area contributed by atoms with Gasteiger partial charge >= 0.3 is 0 Å². The van der Waals surface area contributed by atoms with Gasteiger partial charge in [0.2, 0.25) is 0 Å². The van der Waals surface area contributed by atoms with E-state index in [1.54, 1.807) is 12.1 Å². The van der Waals surface area contributed by atoms with E-state index in [2.05, 4.69) is 5.32 Å². The number of aryl methyl sites for hydroxylation is 2. The van der Waals surface area contributed by atoms with Crippen molar-refractivity contribution >= 4 is 23.0 Å². The SMILES string of the molecule is Cc1ccc(C)c(Nc2cccc(C(N)=O)c2N)c1. The normalized spacial score (nSPS) is 10.2. The van der Waals surface area contributed by atoms with Crippen molar-refractivity contribution in [2.45, 2.75) is 13.8 Å². The molecule has 98 valence electrons. The maximum absolute atomic E-state index is 11.3. The number of carbonyl (C=O) groups is 1. The molecule has 0 saturated carbocycles. The Balaban J connectivity index is 2.41. The van der Waals surface area contributed by atoms with Crippen LogP contribution in [0.2, 0.25) is 0 Å². The highest BCUT2D eigenvalue weighted by atomic mass is 16.1. The van der Waals surface area contributed by atoms with Gasteiger partial charge in [-0.15, -0.1) is 0 Å². The third-order valence-corrected chi connectivity index (χ3v) is 3.03. The molecule has 4 heteroatoms. The van der Waals surface area contributed by atoms with Crippen LogP contribution in [0.4, 0.5) is 17.1 Å². The molecule has 0 spiro atoms. The average Bonchev–Trinajstić information content (AvgIpc) is 2.36. The van der Waals surface area contributed by atoms with E-state index in [1.165, 1.54) is 0 Å². The second-order valence-electron chi connectivity index (χ2n) is 4.57. The quantitative estimate of drug-likeness (QED) is 0.737. The van der Waals surface area contributed by atoms with E-state index < -0.39 is 5.91 Å². The lowest BCUT2D eigenvalue weighted by molar-refractivity contribution is 0.100. The van der Waals surface area contributed by atoms with E-state index >= 15 is 0 Å². The van der Waals surface area contributed by atoms with Gasteiger partial charge in [-0.25, -0.2) is 0 Å². The minimum Gasteiger partial charge on any atom is -0.396 e. The summed E-state index contributed by atoms with van der Waals surface area (Å²) in [5, 5.41) is 3.24. The van der Waals surface area contributed by atoms with E-state index in [0.29, 0.717) is 16.9 Å². The van der Waals surface area contributed by atoms with Gasteiger partial charge in [0, 0.05) is 5.69 Å². The van der Waals surface area contributed by atoms with Crippen LogP contribution in [0.1, 0.15) is 21.5 Å². The summed E-state index contributed by atoms with van der Waals surface area (Å²) in [5.74, 6) is -0.526. The van der Waals surface area contributed by atoms with Crippen LogP contribution >= 0.6 is 0 Å². The average molecular weight is 255 g/mol. The van der Waals surface area contributed by atoms with Crippen LogP contribution in [0.3, 0.4) is 0 Å². The molecule has 0 aliphatic carbocycles. The molecule has 1 amide bonds. The van der Waals surface area contributed by atoms with Crippen LogP contribution in [0.15, 0.2) is 36.4 Å². The highest BCUT2D eigenvalue weighted by Crippen LogP contribution is 2.28. The third kappa shape index (κ3) is 2.68. The highest BCUT2D eigenvalue weighted by Gasteiger charge is 2.10. The van der Waals surface area contributed by atoms with Gasteiger partial charge < -0.3 is 16.8 Å². The first-order chi connectivity index (χ1) is 8.99. The molecule has 0 aliphatic heterocycles. The molecular weight excluding hydrogens is 238 g/mol. The van der Waals surface area contributed by atoms with Crippen LogP contribution in [-0.2, 0) is 0 Å². The fraction of sp³-hybridized carbons (Fsp3) is 0.133. The molecule has 0 aliphatic rings. The minimum absolute atomic E-state index is 0.329. The monoisotopic (exact) mass is 255 g/mol. The van der Waals surface area contributed by atoms with Gasteiger partial charge in [-0.05, 0) is 43.2 Å². The Morgan fingerprint density at radius 3 is 2.53 bits per heavy atom. The number of amides is 1. The Morgan fingerprint density at radius 2 is 1.84 bits per heavy atom. The Bertz CT molecular complexity index is 635. The van der Waals surface area contributed by atoms with Gasteiger partial charge in [0.25, 0.3) is 5.91 Å². The van der Waals surface area contributed by atoms with E-state index in [-0.39, 0.29) is 0 Å². The van der Waals surface area contributed by atoms with E-state index in [0.717, 1.165) is 16.8 Å². The molecule has 4 nitrogen and oxygen atoms in total. The Hall–Kier alpha value is -2.49. The molecule has 0 heterocycles. The number of carbonyl (C=O) groups excluding carboxylic acids is 1. The molecule has 5 N–H and O–H groups in total. The molecule has 2 aromatic carbocycles. The Morgan fingerprint density at radius 1 is 1.11 bits per heavy atom. The molecule has 2 rings (SSSR count). The topological polar surface area (TPSA) is 81.1 Å². The van der Waals surface area contributed by atoms with Crippen molar-refractivity contribution in [3.8, 4) is 0 Å². The second kappa shape index (κ2) is 5.02. The summed E-state index contributed by atoms with van der Waals surface area (Å²) in [7, 11) is 0. The van der Waals surface area contributed by atoms with Crippen molar-refractivity contribution in [3.63, 3.8) is 0 Å². The first-order valence-electron chi connectivity index (χ1n) is 6.01. The van der Waals surface area contributed by atoms with Crippen LogP contribution in [-0.4, -0.2) is 5.91 Å². The first-order valence-corrected chi connectivity index (χ1v) is 6.01. The zero-order valence-corrected chi connectivity index (χ0v) is 11.0. The van der Waals surface area contributed by atoms with Crippen molar-refractivity contribution in [2.24, 2.45) is 5.73 Å². The lowest BCUT2D eigenvalue weighted by Crippen LogP contribution is -2.14. The third-order valence-electron chi connectivity index (χ3n) is 3.03. The molecule has 0 atom stereocenters. The highest BCUT2D eigenvalue weighted by molar-refractivity contribution is 6.01. The number of nitrogen functional groups attached to an aromatic ring is 1. The van der Waals surface area contributed by atoms with Gasteiger partial charge in [0.15, 0.2) is 0 Å². The van der Waals surface area contributed by atoms with Crippen LogP contribution < -0.4 is 16.8 Å². The molecule has 0 unspecified atom stereocenters. The summed E-state index contributed by atoms with van der Waals surface area (Å²) in [6.07, 6.45) is 0. The maximum atomic E-state index is 11.3. The summed E-state index contributed by atoms with van der Waals surface area (Å²) >= 11 is 0. The van der Waals surface area contributed by atoms with E-state index in [9.17, 15) is 4.79 Å². The molecule has 2 aromatic rings. The standard InChI is InChI=1S/C15H17N3O/c1-9-6-7-10(2)13(8-9)18-12-5-3-4-11(14(12)16)15(17)19/h3-8,18H,16H2,1-2H3,(H2,17,19). The van der Waals surface area contributed by atoms with Gasteiger partial charge in [-0.2, -0.15) is 0 Å². The zero-order valence-electron chi connectivity index (χ0n) is 11.0. The molecule has 0 saturated heterocycles. The summed E-state index contributed by atoms with van der Waals surface area (Å²) in [6, 6.07) is 11.3. The zero-order chi connectivity index (χ0) is 14.0. The molecule has 19 heavy (non-hydrogen) atoms. The number of para-hydroxylation sites is 1. The predicted octanol–water partition coefficient (Wildman–Crippen LogP) is 2.73. The fourth-order valence-corrected chi connectivity index (χ4v) is 1.90. The van der Waals surface area contributed by atoms with Crippen molar-refractivity contribution in [1.82, 2.24) is 0 Å². The number of rotatable bonds is 3. The van der Waals surface area contributed by atoms with Gasteiger partial charge in [0.1, 0.15) is 0 Å². The molecular formula is C15H17N3O. The number of anilines is 3. The van der Waals surface area contributed by atoms with Crippen LogP contribution in [0.25, 0.3) is 0 Å². The number of primary amides is 1. The number of benzene rings is 2. The smallest absolute Gasteiger partial charge is 0.250 e. The summed E-state index contributed by atoms with van der Waals surface area (Å²) < 4.78 is 0. The van der Waals surface area contributed by atoms with Gasteiger partial charge in [-0.1, -0.05) is 18.2 Å². The van der Waals surface area contributed by atoms with Crippen LogP contribution in [0.5, 0.6) is 0 Å². The van der Waals surface area contributed by atoms with Crippen molar-refractivity contribution in [1.29, 1.82) is 0 Å². The fourth-order valence-electron chi connectivity index (χ4n) is 1.90. The number of hydrogen-bond donors (Lipinski definition) is 3. The van der Waals surface area contributed by atoms with Crippen molar-refractivity contribution in [3.05, 3.63) is 53.1 Å². The molecule has 0 radical (unpaired) electrons. The second-order valence-corrected chi connectivity index (χ2v) is 4.57. The van der Waals surface area contributed by atoms with Gasteiger partial charge in [0.05, 0.1) is 16.9 Å². The maximum Gasteiger partial charge on any atom is 0.250 e. The lowest BCUT2D eigenvalue weighted by atomic mass is 10.1. The lowest BCUT2D eigenvalue weighted by Gasteiger charge is -2.14. The Kier molecular flexibility index (Phi) is 3.42. The van der Waals surface area contributed by atoms with Gasteiger partial charge in [-0.3, -0.25) is 4.79 Å². The number of nitrogens with two attached hydrogens (primary N) is 2. The van der Waals surface area contributed by atoms with Crippen molar-refractivity contribution in [2.75, 3.05) is 11.1 Å². The summed E-state index contributed by atoms with van der Waals surface area (Å²) in [6.45, 7) is 4.03.